The second-order valence-electron chi connectivity index (χ2n) is 5.73. The zero-order valence-electron chi connectivity index (χ0n) is 14.7. The maximum Gasteiger partial charge on any atom is 0.303 e. The first-order valence-corrected chi connectivity index (χ1v) is 8.74. The molecule has 0 spiro atoms. The molecule has 3 N–H and O–H groups in total. The third kappa shape index (κ3) is 18.2. The van der Waals surface area contributed by atoms with Crippen LogP contribution in [0.2, 0.25) is 0 Å². The minimum Gasteiger partial charge on any atom is -0.481 e. The molecule has 140 valence electrons. The Kier molecular flexibility index (Phi) is 15.5. The fraction of sp³-hybridized carbons (Fsp3) is 0.500. The molecule has 0 saturated carbocycles. The normalized spacial score (nSPS) is 14.8. The van der Waals surface area contributed by atoms with E-state index < -0.39 is 18.2 Å². The number of rotatable bonds is 15. The van der Waals surface area contributed by atoms with Gasteiger partial charge in [-0.2, -0.15) is 0 Å². The zero-order valence-corrected chi connectivity index (χ0v) is 14.7. The summed E-state index contributed by atoms with van der Waals surface area (Å²) in [6, 6.07) is 0. The van der Waals surface area contributed by atoms with E-state index in [1.165, 1.54) is 0 Å². The lowest BCUT2D eigenvalue weighted by atomic mass is 10.1. The van der Waals surface area contributed by atoms with Crippen molar-refractivity contribution in [3.63, 3.8) is 0 Å². The molecule has 2 atom stereocenters. The average molecular weight is 350 g/mol. The van der Waals surface area contributed by atoms with Crippen LogP contribution in [0.3, 0.4) is 0 Å². The van der Waals surface area contributed by atoms with Crippen molar-refractivity contribution < 1.29 is 24.9 Å². The van der Waals surface area contributed by atoms with Gasteiger partial charge >= 0.3 is 5.97 Å². The SMILES string of the molecule is O=CCCCCC=CC[C@@H](O)C=CC=CC=C[C@@H](O)CCCC(=O)O. The van der Waals surface area contributed by atoms with E-state index in [1.54, 1.807) is 36.5 Å². The van der Waals surface area contributed by atoms with Crippen LogP contribution in [-0.4, -0.2) is 39.8 Å². The second-order valence-corrected chi connectivity index (χ2v) is 5.73. The van der Waals surface area contributed by atoms with Crippen molar-refractivity contribution in [2.24, 2.45) is 0 Å². The van der Waals surface area contributed by atoms with E-state index in [4.69, 9.17) is 5.11 Å². The molecule has 0 bridgehead atoms. The van der Waals surface area contributed by atoms with Gasteiger partial charge in [-0.25, -0.2) is 0 Å². The van der Waals surface area contributed by atoms with Gasteiger partial charge < -0.3 is 20.1 Å². The third-order valence-corrected chi connectivity index (χ3v) is 3.38. The van der Waals surface area contributed by atoms with Gasteiger partial charge in [-0.15, -0.1) is 0 Å². The number of carbonyl (C=O) groups is 2. The second kappa shape index (κ2) is 16.9. The molecule has 0 aliphatic heterocycles. The number of carboxylic acid groups (broad SMARTS) is 1. The molecule has 0 saturated heterocycles. The van der Waals surface area contributed by atoms with E-state index in [2.05, 4.69) is 0 Å². The highest BCUT2D eigenvalue weighted by molar-refractivity contribution is 5.66. The quantitative estimate of drug-likeness (QED) is 0.182. The molecule has 0 fully saturated rings. The molecule has 0 aromatic heterocycles. The number of allylic oxidation sites excluding steroid dienone is 5. The first-order valence-electron chi connectivity index (χ1n) is 8.74. The van der Waals surface area contributed by atoms with Gasteiger partial charge in [0.2, 0.25) is 0 Å². The summed E-state index contributed by atoms with van der Waals surface area (Å²) in [5, 5.41) is 27.9. The molecule has 5 heteroatoms. The number of carboxylic acids is 1. The number of aldehydes is 1. The summed E-state index contributed by atoms with van der Waals surface area (Å²) in [6.45, 7) is 0. The van der Waals surface area contributed by atoms with Gasteiger partial charge in [-0.3, -0.25) is 4.79 Å². The van der Waals surface area contributed by atoms with Crippen LogP contribution in [0.25, 0.3) is 0 Å². The van der Waals surface area contributed by atoms with Gasteiger partial charge in [0.15, 0.2) is 0 Å². The van der Waals surface area contributed by atoms with E-state index >= 15 is 0 Å². The molecule has 0 heterocycles. The molecule has 0 rings (SSSR count). The maximum atomic E-state index is 10.3. The Morgan fingerprint density at radius 2 is 1.48 bits per heavy atom. The molecule has 0 amide bonds. The van der Waals surface area contributed by atoms with E-state index in [9.17, 15) is 19.8 Å². The topological polar surface area (TPSA) is 94.8 Å². The predicted octanol–water partition coefficient (Wildman–Crippen LogP) is 3.34. The number of carbonyl (C=O) groups excluding carboxylic acids is 1. The van der Waals surface area contributed by atoms with Crippen LogP contribution in [0.5, 0.6) is 0 Å². The summed E-state index contributed by atoms with van der Waals surface area (Å²) in [7, 11) is 0. The summed E-state index contributed by atoms with van der Waals surface area (Å²) < 4.78 is 0. The molecule has 0 aliphatic rings. The van der Waals surface area contributed by atoms with Crippen molar-refractivity contribution in [3.8, 4) is 0 Å². The Labute approximate surface area is 150 Å². The zero-order chi connectivity index (χ0) is 18.8. The minimum absolute atomic E-state index is 0.0640. The Morgan fingerprint density at radius 3 is 2.12 bits per heavy atom. The van der Waals surface area contributed by atoms with Crippen LogP contribution < -0.4 is 0 Å². The monoisotopic (exact) mass is 350 g/mol. The third-order valence-electron chi connectivity index (χ3n) is 3.38. The molecule has 0 unspecified atom stereocenters. The van der Waals surface area contributed by atoms with E-state index in [-0.39, 0.29) is 6.42 Å². The number of hydrogen-bond donors (Lipinski definition) is 3. The maximum absolute atomic E-state index is 10.3. The van der Waals surface area contributed by atoms with E-state index in [0.29, 0.717) is 25.7 Å². The standard InChI is InChI=1S/C20H30O5/c21-17-10-6-2-1-3-7-12-18(22)13-8-4-5-9-14-19(23)15-11-16-20(24)25/h3-5,7-9,13-14,17-19,22-23H,1-2,6,10-12,15-16H2,(H,24,25)/t18-,19-/m1/s1. The molecule has 0 aromatic carbocycles. The van der Waals surface area contributed by atoms with Gasteiger partial charge in [-0.05, 0) is 38.5 Å². The van der Waals surface area contributed by atoms with Gasteiger partial charge in [0.05, 0.1) is 12.2 Å². The smallest absolute Gasteiger partial charge is 0.303 e. The summed E-state index contributed by atoms with van der Waals surface area (Å²) in [5.74, 6) is -0.854. The van der Waals surface area contributed by atoms with Crippen molar-refractivity contribution in [2.75, 3.05) is 0 Å². The van der Waals surface area contributed by atoms with Crippen molar-refractivity contribution in [3.05, 3.63) is 48.6 Å². The van der Waals surface area contributed by atoms with Gasteiger partial charge in [-0.1, -0.05) is 48.6 Å². The molecular weight excluding hydrogens is 320 g/mol. The molecule has 0 aromatic rings. The lowest BCUT2D eigenvalue weighted by molar-refractivity contribution is -0.137. The van der Waals surface area contributed by atoms with E-state index in [1.807, 2.05) is 12.2 Å². The summed E-state index contributed by atoms with van der Waals surface area (Å²) >= 11 is 0. The molecule has 25 heavy (non-hydrogen) atoms. The average Bonchev–Trinajstić information content (AvgIpc) is 2.56. The molecule has 5 nitrogen and oxygen atoms in total. The Hall–Kier alpha value is -1.98. The highest BCUT2D eigenvalue weighted by atomic mass is 16.4. The first-order chi connectivity index (χ1) is 12.1. The fourth-order valence-corrected chi connectivity index (χ4v) is 1.99. The molecule has 0 radical (unpaired) electrons. The van der Waals surface area contributed by atoms with Crippen molar-refractivity contribution in [2.45, 2.75) is 63.6 Å². The summed E-state index contributed by atoms with van der Waals surface area (Å²) in [5.41, 5.74) is 0. The van der Waals surface area contributed by atoms with Crippen LogP contribution in [0.1, 0.15) is 51.4 Å². The van der Waals surface area contributed by atoms with Gasteiger partial charge in [0.1, 0.15) is 6.29 Å². The van der Waals surface area contributed by atoms with Crippen LogP contribution >= 0.6 is 0 Å². The number of hydrogen-bond acceptors (Lipinski definition) is 4. The largest absolute Gasteiger partial charge is 0.481 e. The number of unbranched alkanes of at least 4 members (excludes halogenated alkanes) is 3. The number of aliphatic carboxylic acids is 1. The lowest BCUT2D eigenvalue weighted by Crippen LogP contribution is -2.03. The number of aliphatic hydroxyl groups is 2. The van der Waals surface area contributed by atoms with Crippen LogP contribution in [0.15, 0.2) is 48.6 Å². The van der Waals surface area contributed by atoms with Gasteiger partial charge in [0.25, 0.3) is 0 Å². The highest BCUT2D eigenvalue weighted by Gasteiger charge is 2.01. The van der Waals surface area contributed by atoms with Crippen molar-refractivity contribution >= 4 is 12.3 Å². The predicted molar refractivity (Wildman–Crippen MR) is 99.2 cm³/mol. The van der Waals surface area contributed by atoms with Gasteiger partial charge in [0, 0.05) is 12.8 Å². The molecule has 0 aliphatic carbocycles. The Bertz CT molecular complexity index is 463. The highest BCUT2D eigenvalue weighted by Crippen LogP contribution is 2.03. The first kappa shape index (κ1) is 23.0. The Balaban J connectivity index is 3.80. The summed E-state index contributed by atoms with van der Waals surface area (Å²) in [4.78, 5) is 20.5. The minimum atomic E-state index is -0.854. The fourth-order valence-electron chi connectivity index (χ4n) is 1.99. The van der Waals surface area contributed by atoms with Crippen LogP contribution in [-0.2, 0) is 9.59 Å². The van der Waals surface area contributed by atoms with Crippen molar-refractivity contribution in [1.82, 2.24) is 0 Å². The Morgan fingerprint density at radius 1 is 0.840 bits per heavy atom. The summed E-state index contributed by atoms with van der Waals surface area (Å²) in [6.07, 6.45) is 18.8. The lowest BCUT2D eigenvalue weighted by Gasteiger charge is -2.02. The van der Waals surface area contributed by atoms with E-state index in [0.717, 1.165) is 25.5 Å². The number of aliphatic hydroxyl groups excluding tert-OH is 2. The molecular formula is C20H30O5. The van der Waals surface area contributed by atoms with Crippen LogP contribution in [0.4, 0.5) is 0 Å². The van der Waals surface area contributed by atoms with Crippen molar-refractivity contribution in [1.29, 1.82) is 0 Å². The van der Waals surface area contributed by atoms with Crippen LogP contribution in [0, 0.1) is 0 Å².